The Hall–Kier alpha value is -1.27. The maximum Gasteiger partial charge on any atom is 0.449 e. The molecule has 1 rings (SSSR count). The van der Waals surface area contributed by atoms with E-state index in [0.717, 1.165) is 19.3 Å². The van der Waals surface area contributed by atoms with E-state index in [1.807, 2.05) is 0 Å². The van der Waals surface area contributed by atoms with E-state index in [9.17, 15) is 8.42 Å². The van der Waals surface area contributed by atoms with E-state index in [2.05, 4.69) is 6.92 Å². The van der Waals surface area contributed by atoms with Crippen LogP contribution in [0.4, 0.5) is 5.69 Å². The molecule has 162 valence electrons. The Balaban J connectivity index is 1.90. The monoisotopic (exact) mass is 413 g/mol. The van der Waals surface area contributed by atoms with Gasteiger partial charge in [-0.1, -0.05) is 90.4 Å². The highest BCUT2D eigenvalue weighted by Gasteiger charge is 2.13. The van der Waals surface area contributed by atoms with E-state index < -0.39 is 10.4 Å². The van der Waals surface area contributed by atoms with Gasteiger partial charge in [-0.05, 0) is 30.7 Å². The number of benzene rings is 1. The first-order valence-corrected chi connectivity index (χ1v) is 12.3. The second-order valence-electron chi connectivity index (χ2n) is 7.48. The average Bonchev–Trinajstić information content (AvgIpc) is 2.66. The van der Waals surface area contributed by atoms with Crippen molar-refractivity contribution in [2.75, 3.05) is 12.3 Å². The minimum Gasteiger partial charge on any atom is -0.399 e. The van der Waals surface area contributed by atoms with Gasteiger partial charge in [-0.3, -0.25) is 0 Å². The second-order valence-corrected chi connectivity index (χ2v) is 8.70. The third kappa shape index (κ3) is 13.8. The molecule has 0 aliphatic carbocycles. The molecule has 1 aromatic rings. The molecule has 0 unspecified atom stereocenters. The summed E-state index contributed by atoms with van der Waals surface area (Å²) in [4.78, 5) is 0. The Kier molecular flexibility index (Phi) is 13.8. The van der Waals surface area contributed by atoms with Crippen molar-refractivity contribution >= 4 is 16.1 Å². The third-order valence-corrected chi connectivity index (χ3v) is 5.66. The molecule has 0 aliphatic heterocycles. The molecule has 0 fully saturated rings. The number of unbranched alkanes of at least 4 members (excludes halogenated alkanes) is 13. The predicted octanol–water partition coefficient (Wildman–Crippen LogP) is 6.39. The smallest absolute Gasteiger partial charge is 0.399 e. The fourth-order valence-electron chi connectivity index (χ4n) is 3.12. The van der Waals surface area contributed by atoms with Gasteiger partial charge in [0.15, 0.2) is 0 Å². The minimum atomic E-state index is -4.01. The molecule has 0 bridgehead atoms. The van der Waals surface area contributed by atoms with Gasteiger partial charge in [0.05, 0.1) is 6.61 Å². The number of anilines is 1. The molecule has 6 heteroatoms. The molecule has 0 saturated heterocycles. The zero-order chi connectivity index (χ0) is 20.5. The van der Waals surface area contributed by atoms with Gasteiger partial charge in [-0.15, -0.1) is 0 Å². The molecule has 2 N–H and O–H groups in total. The van der Waals surface area contributed by atoms with E-state index >= 15 is 0 Å². The van der Waals surface area contributed by atoms with Gasteiger partial charge in [0.25, 0.3) is 0 Å². The maximum atomic E-state index is 11.7. The second kappa shape index (κ2) is 15.6. The summed E-state index contributed by atoms with van der Waals surface area (Å²) in [5.74, 6) is 0.204. The van der Waals surface area contributed by atoms with Crippen molar-refractivity contribution in [3.8, 4) is 5.75 Å². The molecule has 0 heterocycles. The molecule has 0 atom stereocenters. The zero-order valence-corrected chi connectivity index (χ0v) is 18.4. The van der Waals surface area contributed by atoms with Gasteiger partial charge in [0, 0.05) is 5.69 Å². The number of hydrogen-bond donors (Lipinski definition) is 1. The molecule has 0 aliphatic rings. The van der Waals surface area contributed by atoms with Crippen molar-refractivity contribution in [3.05, 3.63) is 24.3 Å². The summed E-state index contributed by atoms with van der Waals surface area (Å²) < 4.78 is 33.2. The highest BCUT2D eigenvalue weighted by Crippen LogP contribution is 2.16. The van der Waals surface area contributed by atoms with Crippen LogP contribution >= 0.6 is 0 Å². The van der Waals surface area contributed by atoms with Gasteiger partial charge in [0.2, 0.25) is 0 Å². The largest absolute Gasteiger partial charge is 0.449 e. The summed E-state index contributed by atoms with van der Waals surface area (Å²) in [6.45, 7) is 2.42. The number of nitrogens with two attached hydrogens (primary N) is 1. The molecule has 0 spiro atoms. The molecule has 28 heavy (non-hydrogen) atoms. The van der Waals surface area contributed by atoms with Crippen molar-refractivity contribution in [2.24, 2.45) is 0 Å². The molecule has 1 aromatic carbocycles. The van der Waals surface area contributed by atoms with Crippen LogP contribution in [0.1, 0.15) is 96.8 Å². The van der Waals surface area contributed by atoms with Crippen LogP contribution in [0.2, 0.25) is 0 Å². The first kappa shape index (κ1) is 24.8. The van der Waals surface area contributed by atoms with Crippen LogP contribution in [0.15, 0.2) is 24.3 Å². The van der Waals surface area contributed by atoms with E-state index in [0.29, 0.717) is 5.69 Å². The van der Waals surface area contributed by atoms with Crippen LogP contribution in [0, 0.1) is 0 Å². The van der Waals surface area contributed by atoms with E-state index in [1.165, 1.54) is 82.8 Å². The lowest BCUT2D eigenvalue weighted by Gasteiger charge is -2.07. The lowest BCUT2D eigenvalue weighted by molar-refractivity contribution is 0.265. The highest BCUT2D eigenvalue weighted by molar-refractivity contribution is 7.82. The van der Waals surface area contributed by atoms with Crippen molar-refractivity contribution in [2.45, 2.75) is 96.8 Å². The normalized spacial score (nSPS) is 11.6. The minimum absolute atomic E-state index is 0.162. The van der Waals surface area contributed by atoms with Gasteiger partial charge in [-0.25, -0.2) is 4.18 Å². The van der Waals surface area contributed by atoms with Crippen LogP contribution in [0.5, 0.6) is 5.75 Å². The summed E-state index contributed by atoms with van der Waals surface area (Å²) in [5.41, 5.74) is 6.10. The zero-order valence-electron chi connectivity index (χ0n) is 17.5. The van der Waals surface area contributed by atoms with Crippen molar-refractivity contribution in [3.63, 3.8) is 0 Å². The molecule has 0 saturated carbocycles. The Morgan fingerprint density at radius 2 is 1.14 bits per heavy atom. The highest BCUT2D eigenvalue weighted by atomic mass is 32.3. The Bertz CT molecular complexity index is 587. The molecular weight excluding hydrogens is 374 g/mol. The Morgan fingerprint density at radius 3 is 1.61 bits per heavy atom. The standard InChI is InChI=1S/C22H39NO4S/c1-2-3-4-5-6-7-8-9-10-11-12-13-14-15-20-26-28(24,25)27-22-18-16-21(23)17-19-22/h16-19H,2-15,20,23H2,1H3. The predicted molar refractivity (Wildman–Crippen MR) is 117 cm³/mol. The van der Waals surface area contributed by atoms with E-state index in [-0.39, 0.29) is 12.4 Å². The van der Waals surface area contributed by atoms with Crippen LogP contribution in [0.3, 0.4) is 0 Å². The van der Waals surface area contributed by atoms with Crippen LogP contribution in [0.25, 0.3) is 0 Å². The number of hydrogen-bond acceptors (Lipinski definition) is 5. The van der Waals surface area contributed by atoms with Crippen LogP contribution in [-0.2, 0) is 14.6 Å². The lowest BCUT2D eigenvalue weighted by atomic mass is 10.0. The summed E-state index contributed by atoms with van der Waals surface area (Å²) in [5, 5.41) is 0. The quantitative estimate of drug-likeness (QED) is 0.223. The summed E-state index contributed by atoms with van der Waals surface area (Å²) >= 11 is 0. The molecule has 5 nitrogen and oxygen atoms in total. The van der Waals surface area contributed by atoms with Crippen molar-refractivity contribution < 1.29 is 16.8 Å². The van der Waals surface area contributed by atoms with Gasteiger partial charge in [-0.2, -0.15) is 8.42 Å². The average molecular weight is 414 g/mol. The maximum absolute atomic E-state index is 11.7. The van der Waals surface area contributed by atoms with Crippen LogP contribution in [-0.4, -0.2) is 15.0 Å². The Morgan fingerprint density at radius 1 is 0.714 bits per heavy atom. The summed E-state index contributed by atoms with van der Waals surface area (Å²) in [6.07, 6.45) is 17.6. The number of nitrogen functional groups attached to an aromatic ring is 1. The first-order valence-electron chi connectivity index (χ1n) is 11.0. The van der Waals surface area contributed by atoms with E-state index in [4.69, 9.17) is 14.1 Å². The van der Waals surface area contributed by atoms with Gasteiger partial charge in [0.1, 0.15) is 5.75 Å². The summed E-state index contributed by atoms with van der Waals surface area (Å²) in [7, 11) is -4.01. The molecule has 0 amide bonds. The van der Waals surface area contributed by atoms with Gasteiger partial charge < -0.3 is 9.92 Å². The first-order chi connectivity index (χ1) is 13.5. The van der Waals surface area contributed by atoms with E-state index in [1.54, 1.807) is 12.1 Å². The lowest BCUT2D eigenvalue weighted by Crippen LogP contribution is -2.14. The molecule has 0 aromatic heterocycles. The molecular formula is C22H39NO4S. The van der Waals surface area contributed by atoms with Crippen molar-refractivity contribution in [1.82, 2.24) is 0 Å². The summed E-state index contributed by atoms with van der Waals surface area (Å²) in [6, 6.07) is 6.17. The van der Waals surface area contributed by atoms with Gasteiger partial charge >= 0.3 is 10.4 Å². The molecule has 0 radical (unpaired) electrons. The SMILES string of the molecule is CCCCCCCCCCCCCCCCOS(=O)(=O)Oc1ccc(N)cc1. The Labute approximate surface area is 172 Å². The number of rotatable bonds is 18. The van der Waals surface area contributed by atoms with Crippen LogP contribution < -0.4 is 9.92 Å². The third-order valence-electron chi connectivity index (χ3n) is 4.80. The fourth-order valence-corrected chi connectivity index (χ4v) is 3.84. The van der Waals surface area contributed by atoms with Crippen molar-refractivity contribution in [1.29, 1.82) is 0 Å². The topological polar surface area (TPSA) is 78.6 Å². The fraction of sp³-hybridized carbons (Fsp3) is 0.727.